The van der Waals surface area contributed by atoms with Crippen LogP contribution in [0.15, 0.2) is 11.3 Å². The van der Waals surface area contributed by atoms with Crippen molar-refractivity contribution in [3.05, 3.63) is 11.3 Å². The van der Waals surface area contributed by atoms with E-state index in [-0.39, 0.29) is 11.2 Å². The zero-order valence-electron chi connectivity index (χ0n) is 7.72. The lowest BCUT2D eigenvalue weighted by Gasteiger charge is -2.09. The number of aliphatic hydroxyl groups excluding tert-OH is 1. The number of ketones is 1. The smallest absolute Gasteiger partial charge is 0.159 e. The summed E-state index contributed by atoms with van der Waals surface area (Å²) in [5.74, 6) is 1.26. The fourth-order valence-corrected chi connectivity index (χ4v) is 2.62. The summed E-state index contributed by atoms with van der Waals surface area (Å²) in [6.07, 6.45) is 0.715. The quantitative estimate of drug-likeness (QED) is 0.647. The summed E-state index contributed by atoms with van der Waals surface area (Å²) in [6.45, 7) is 5.87. The number of carbonyl (C=O) groups is 1. The molecule has 2 rings (SSSR count). The monoisotopic (exact) mass is 166 g/mol. The van der Waals surface area contributed by atoms with E-state index in [1.54, 1.807) is 6.92 Å². The molecule has 66 valence electrons. The first kappa shape index (κ1) is 7.84. The number of fused-ring (bicyclic) bond motifs is 1. The molecule has 1 N–H and O–H groups in total. The van der Waals surface area contributed by atoms with Crippen LogP contribution in [-0.2, 0) is 4.79 Å². The average Bonchev–Trinajstić information content (AvgIpc) is 2.40. The molecular weight excluding hydrogens is 152 g/mol. The topological polar surface area (TPSA) is 37.3 Å². The molecule has 0 heterocycles. The van der Waals surface area contributed by atoms with Crippen LogP contribution in [0.4, 0.5) is 0 Å². The van der Waals surface area contributed by atoms with Crippen LogP contribution >= 0.6 is 0 Å². The molecule has 0 aromatic rings. The maximum Gasteiger partial charge on any atom is 0.159 e. The molecule has 0 amide bonds. The van der Waals surface area contributed by atoms with E-state index in [1.165, 1.54) is 0 Å². The Morgan fingerprint density at radius 3 is 2.50 bits per heavy atom. The van der Waals surface area contributed by atoms with Gasteiger partial charge in [0.25, 0.3) is 0 Å². The Labute approximate surface area is 72.3 Å². The van der Waals surface area contributed by atoms with Crippen LogP contribution in [0.25, 0.3) is 0 Å². The molecule has 0 aromatic heterocycles. The first-order valence-corrected chi connectivity index (χ1v) is 4.39. The van der Waals surface area contributed by atoms with Crippen molar-refractivity contribution in [1.29, 1.82) is 0 Å². The molecule has 0 radical (unpaired) electrons. The van der Waals surface area contributed by atoms with Gasteiger partial charge in [0.1, 0.15) is 0 Å². The zero-order chi connectivity index (χ0) is 9.09. The van der Waals surface area contributed by atoms with Crippen molar-refractivity contribution >= 4 is 5.78 Å². The van der Waals surface area contributed by atoms with Gasteiger partial charge in [-0.3, -0.25) is 4.79 Å². The van der Waals surface area contributed by atoms with Gasteiger partial charge < -0.3 is 5.11 Å². The Morgan fingerprint density at radius 2 is 2.17 bits per heavy atom. The van der Waals surface area contributed by atoms with E-state index < -0.39 is 0 Å². The minimum atomic E-state index is 0.0468. The maximum absolute atomic E-state index is 11.2. The molecular formula is C10H14O2. The lowest BCUT2D eigenvalue weighted by Crippen LogP contribution is -2.06. The normalized spacial score (nSPS) is 36.6. The molecule has 2 heteroatoms. The van der Waals surface area contributed by atoms with Crippen LogP contribution in [0.1, 0.15) is 27.2 Å². The van der Waals surface area contributed by atoms with Crippen molar-refractivity contribution in [2.24, 2.45) is 17.3 Å². The van der Waals surface area contributed by atoms with Crippen molar-refractivity contribution < 1.29 is 9.90 Å². The second-order valence-corrected chi connectivity index (χ2v) is 4.53. The molecule has 1 saturated carbocycles. The number of allylic oxidation sites excluding steroid dienone is 2. The van der Waals surface area contributed by atoms with Crippen LogP contribution in [0.5, 0.6) is 0 Å². The van der Waals surface area contributed by atoms with Crippen LogP contribution in [0, 0.1) is 17.3 Å². The molecule has 2 aliphatic carbocycles. The Hall–Kier alpha value is -0.790. The number of hydrogen-bond donors (Lipinski definition) is 1. The summed E-state index contributed by atoms with van der Waals surface area (Å²) in [5.41, 5.74) is 0.956. The van der Waals surface area contributed by atoms with Crippen LogP contribution in [0.3, 0.4) is 0 Å². The number of hydrogen-bond acceptors (Lipinski definition) is 2. The molecule has 1 fully saturated rings. The summed E-state index contributed by atoms with van der Waals surface area (Å²) in [6, 6.07) is 0. The van der Waals surface area contributed by atoms with Crippen LogP contribution in [0.2, 0.25) is 0 Å². The average molecular weight is 166 g/mol. The minimum Gasteiger partial charge on any atom is -0.512 e. The van der Waals surface area contributed by atoms with Crippen molar-refractivity contribution in [2.75, 3.05) is 0 Å². The summed E-state index contributed by atoms with van der Waals surface area (Å²) >= 11 is 0. The number of aliphatic hydroxyl groups is 1. The van der Waals surface area contributed by atoms with Gasteiger partial charge in [-0.25, -0.2) is 0 Å². The number of Topliss-reactive ketones (excluding diaryl/α,β-unsaturated/α-hetero) is 1. The predicted octanol–water partition coefficient (Wildman–Crippen LogP) is 2.06. The second-order valence-electron chi connectivity index (χ2n) is 4.53. The fraction of sp³-hybridized carbons (Fsp3) is 0.700. The summed E-state index contributed by atoms with van der Waals surface area (Å²) in [4.78, 5) is 11.2. The Morgan fingerprint density at radius 1 is 1.58 bits per heavy atom. The Bertz CT molecular complexity index is 286. The molecule has 2 aliphatic rings. The summed E-state index contributed by atoms with van der Waals surface area (Å²) in [7, 11) is 0. The van der Waals surface area contributed by atoms with Gasteiger partial charge in [-0.2, -0.15) is 0 Å². The molecule has 2 nitrogen and oxygen atoms in total. The maximum atomic E-state index is 11.2. The fourth-order valence-electron chi connectivity index (χ4n) is 2.62. The van der Waals surface area contributed by atoms with E-state index >= 15 is 0 Å². The molecule has 0 aliphatic heterocycles. The van der Waals surface area contributed by atoms with Gasteiger partial charge in [0.15, 0.2) is 5.78 Å². The van der Waals surface area contributed by atoms with E-state index in [0.717, 1.165) is 0 Å². The van der Waals surface area contributed by atoms with E-state index in [0.29, 0.717) is 29.6 Å². The van der Waals surface area contributed by atoms with Crippen molar-refractivity contribution in [1.82, 2.24) is 0 Å². The highest BCUT2D eigenvalue weighted by atomic mass is 16.3. The van der Waals surface area contributed by atoms with Gasteiger partial charge >= 0.3 is 0 Å². The van der Waals surface area contributed by atoms with Crippen LogP contribution in [-0.4, -0.2) is 10.9 Å². The lowest BCUT2D eigenvalue weighted by molar-refractivity contribution is -0.114. The van der Waals surface area contributed by atoms with Gasteiger partial charge in [0, 0.05) is 12.0 Å². The van der Waals surface area contributed by atoms with E-state index in [9.17, 15) is 9.90 Å². The van der Waals surface area contributed by atoms with Crippen molar-refractivity contribution in [3.63, 3.8) is 0 Å². The number of carbonyl (C=O) groups excluding carboxylic acids is 1. The minimum absolute atomic E-state index is 0.0468. The highest BCUT2D eigenvalue weighted by Crippen LogP contribution is 2.68. The first-order chi connectivity index (χ1) is 5.46. The van der Waals surface area contributed by atoms with Crippen molar-refractivity contribution in [2.45, 2.75) is 27.2 Å². The van der Waals surface area contributed by atoms with Gasteiger partial charge in [0.2, 0.25) is 0 Å². The largest absolute Gasteiger partial charge is 0.512 e. The van der Waals surface area contributed by atoms with Gasteiger partial charge in [-0.1, -0.05) is 13.8 Å². The predicted molar refractivity (Wildman–Crippen MR) is 45.7 cm³/mol. The van der Waals surface area contributed by atoms with Crippen molar-refractivity contribution in [3.8, 4) is 0 Å². The highest BCUT2D eigenvalue weighted by molar-refractivity contribution is 5.96. The molecule has 2 unspecified atom stereocenters. The van der Waals surface area contributed by atoms with Gasteiger partial charge in [-0.05, 0) is 24.2 Å². The van der Waals surface area contributed by atoms with Gasteiger partial charge in [-0.15, -0.1) is 0 Å². The number of rotatable bonds is 1. The Kier molecular flexibility index (Phi) is 1.26. The summed E-state index contributed by atoms with van der Waals surface area (Å²) < 4.78 is 0. The third kappa shape index (κ3) is 0.728. The second kappa shape index (κ2) is 1.93. The Balaban J connectivity index is 2.33. The first-order valence-electron chi connectivity index (χ1n) is 4.39. The van der Waals surface area contributed by atoms with Gasteiger partial charge in [0.05, 0.1) is 5.76 Å². The molecule has 0 saturated heterocycles. The standard InChI is InChI=1S/C10H14O2/c1-5(11)8-7(12)4-6-9(8)10(6,2)3/h6,9,12H,4H2,1-3H3. The molecule has 0 bridgehead atoms. The summed E-state index contributed by atoms with van der Waals surface area (Å²) in [5, 5.41) is 9.45. The lowest BCUT2D eigenvalue weighted by atomic mass is 9.97. The third-order valence-corrected chi connectivity index (χ3v) is 3.46. The van der Waals surface area contributed by atoms with E-state index in [4.69, 9.17) is 0 Å². The highest BCUT2D eigenvalue weighted by Gasteiger charge is 2.64. The third-order valence-electron chi connectivity index (χ3n) is 3.46. The zero-order valence-corrected chi connectivity index (χ0v) is 7.72. The molecule has 0 spiro atoms. The molecule has 0 aromatic carbocycles. The SMILES string of the molecule is CC(=O)C1=C(O)CC2C1C2(C)C. The van der Waals surface area contributed by atoms with E-state index in [1.807, 2.05) is 0 Å². The van der Waals surface area contributed by atoms with Crippen LogP contribution < -0.4 is 0 Å². The molecule has 2 atom stereocenters. The van der Waals surface area contributed by atoms with E-state index in [2.05, 4.69) is 13.8 Å². The molecule has 12 heavy (non-hydrogen) atoms.